The monoisotopic (exact) mass is 684 g/mol. The molecule has 15 atom stereocenters. The van der Waals surface area contributed by atoms with Gasteiger partial charge in [-0.1, -0.05) is 48.5 Å². The van der Waals surface area contributed by atoms with Gasteiger partial charge in [0.15, 0.2) is 6.29 Å². The molecule has 2 heterocycles. The van der Waals surface area contributed by atoms with Crippen molar-refractivity contribution in [3.63, 3.8) is 0 Å². The van der Waals surface area contributed by atoms with E-state index in [1.54, 1.807) is 6.92 Å². The molecule has 0 aromatic rings. The van der Waals surface area contributed by atoms with Crippen molar-refractivity contribution in [3.05, 3.63) is 0 Å². The molecule has 10 heteroatoms. The van der Waals surface area contributed by atoms with Crippen molar-refractivity contribution in [2.45, 2.75) is 169 Å². The molecule has 48 heavy (non-hydrogen) atoms. The quantitative estimate of drug-likeness (QED) is 0.187. The zero-order valence-corrected chi connectivity index (χ0v) is 32.9. The predicted octanol–water partition coefficient (Wildman–Crippen LogP) is 5.67. The van der Waals surface area contributed by atoms with E-state index in [-0.39, 0.29) is 48.0 Å². The average molecular weight is 684 g/mol. The molecule has 0 amide bonds. The van der Waals surface area contributed by atoms with Gasteiger partial charge in [0.05, 0.1) is 35.9 Å². The summed E-state index contributed by atoms with van der Waals surface area (Å²) in [6.45, 7) is 23.3. The lowest BCUT2D eigenvalue weighted by Gasteiger charge is -2.44. The summed E-state index contributed by atoms with van der Waals surface area (Å²) in [5.41, 5.74) is -0.174. The highest BCUT2D eigenvalue weighted by molar-refractivity contribution is 5.88. The third kappa shape index (κ3) is 12.0. The molecule has 4 unspecified atom stereocenters. The second kappa shape index (κ2) is 19.5. The van der Waals surface area contributed by atoms with Crippen LogP contribution in [0.5, 0.6) is 0 Å². The van der Waals surface area contributed by atoms with Crippen LogP contribution in [-0.4, -0.2) is 109 Å². The van der Waals surface area contributed by atoms with Crippen molar-refractivity contribution < 1.29 is 34.0 Å². The van der Waals surface area contributed by atoms with Crippen molar-refractivity contribution in [1.29, 1.82) is 0 Å². The van der Waals surface area contributed by atoms with Gasteiger partial charge in [-0.2, -0.15) is 0 Å². The van der Waals surface area contributed by atoms with Crippen LogP contribution in [0.15, 0.2) is 4.99 Å². The number of aliphatic imine (C=N–C) groups is 1. The van der Waals surface area contributed by atoms with E-state index in [1.807, 2.05) is 34.7 Å². The highest BCUT2D eigenvalue weighted by Crippen LogP contribution is 2.36. The van der Waals surface area contributed by atoms with Crippen molar-refractivity contribution >= 4 is 11.7 Å². The van der Waals surface area contributed by atoms with Crippen LogP contribution in [0.3, 0.4) is 0 Å². The van der Waals surface area contributed by atoms with Gasteiger partial charge in [0.2, 0.25) is 0 Å². The molecule has 0 bridgehead atoms. The predicted molar refractivity (Wildman–Crippen MR) is 193 cm³/mol. The van der Waals surface area contributed by atoms with E-state index in [1.165, 1.54) is 0 Å². The number of carbonyl (C=O) groups excluding carboxylic acids is 1. The number of nitrogens with zero attached hydrogens (tertiary/aromatic N) is 2. The van der Waals surface area contributed by atoms with Crippen LogP contribution >= 0.6 is 0 Å². The highest BCUT2D eigenvalue weighted by atomic mass is 16.7. The second-order valence-corrected chi connectivity index (χ2v) is 15.9. The molecule has 10 nitrogen and oxygen atoms in total. The number of nitrogens with one attached hydrogen (secondary N) is 1. The summed E-state index contributed by atoms with van der Waals surface area (Å²) >= 11 is 0. The Hall–Kier alpha value is -1.14. The Morgan fingerprint density at radius 2 is 1.71 bits per heavy atom. The van der Waals surface area contributed by atoms with E-state index in [2.05, 4.69) is 65.9 Å². The lowest BCUT2D eigenvalue weighted by Crippen LogP contribution is -2.55. The first kappa shape index (κ1) is 43.0. The first-order chi connectivity index (χ1) is 22.4. The molecule has 0 aliphatic carbocycles. The number of ether oxygens (including phenoxy) is 4. The number of rotatable bonds is 11. The number of cyclic esters (lactones) is 1. The lowest BCUT2D eigenvalue weighted by molar-refractivity contribution is -0.262. The van der Waals surface area contributed by atoms with Gasteiger partial charge >= 0.3 is 5.97 Å². The topological polar surface area (TPSA) is 122 Å². The van der Waals surface area contributed by atoms with E-state index >= 15 is 0 Å². The van der Waals surface area contributed by atoms with Crippen molar-refractivity contribution in [3.8, 4) is 0 Å². The minimum atomic E-state index is -1.23. The largest absolute Gasteiger partial charge is 0.459 e. The van der Waals surface area contributed by atoms with Gasteiger partial charge in [-0.15, -0.1) is 0 Å². The fourth-order valence-corrected chi connectivity index (χ4v) is 8.08. The average Bonchev–Trinajstić information content (AvgIpc) is 3.00. The zero-order valence-electron chi connectivity index (χ0n) is 32.9. The van der Waals surface area contributed by atoms with Crippen LogP contribution in [-0.2, 0) is 23.7 Å². The summed E-state index contributed by atoms with van der Waals surface area (Å²) in [5, 5.41) is 26.3. The van der Waals surface area contributed by atoms with Gasteiger partial charge in [0.1, 0.15) is 12.3 Å². The smallest absolute Gasteiger partial charge is 0.311 e. The summed E-state index contributed by atoms with van der Waals surface area (Å²) in [7, 11) is 5.98. The molecule has 2 saturated heterocycles. The van der Waals surface area contributed by atoms with Crippen LogP contribution in [0.1, 0.15) is 115 Å². The molecule has 0 radical (unpaired) electrons. The molecule has 0 aromatic heterocycles. The number of aliphatic hydroxyl groups is 2. The molecular formula is C38H73N3O7. The Bertz CT molecular complexity index is 981. The fraction of sp³-hybridized carbons (Fsp3) is 0.947. The molecule has 0 saturated carbocycles. The maximum absolute atomic E-state index is 14.1. The molecule has 3 N–H and O–H groups in total. The Balaban J connectivity index is 2.66. The van der Waals surface area contributed by atoms with Crippen LogP contribution in [0.4, 0.5) is 0 Å². The van der Waals surface area contributed by atoms with E-state index < -0.39 is 48.2 Å². The molecule has 0 spiro atoms. The third-order valence-electron chi connectivity index (χ3n) is 11.1. The number of carbonyl (C=O) groups is 1. The number of hydrogen-bond donors (Lipinski definition) is 3. The van der Waals surface area contributed by atoms with Crippen LogP contribution in [0.25, 0.3) is 0 Å². The standard InChI is InChI=1S/C38H73N3O7/c1-15-26(7)45-31(17-18-41(13)14)40-34-23(4)19-22(3)33(39-12)25(6)21-38(11,44)30(16-2)47-37(43)28(9)36(27(34)8)48-32-20-24(5)35(42)29(10)46-32/h22-32,34-36,40,42,44H,15-21H2,1-14H3/t22-,23+,24+,25-,26?,27?,28?,29+,30-,31-,32+,34+,35-,36?,38+/m1/s1. The van der Waals surface area contributed by atoms with Gasteiger partial charge in [-0.05, 0) is 103 Å². The van der Waals surface area contributed by atoms with Crippen LogP contribution in [0, 0.1) is 35.5 Å². The van der Waals surface area contributed by atoms with Gasteiger partial charge < -0.3 is 34.1 Å². The first-order valence-corrected chi connectivity index (χ1v) is 18.8. The summed E-state index contributed by atoms with van der Waals surface area (Å²) in [6, 6.07) is -0.0885. The molecule has 2 fully saturated rings. The minimum absolute atomic E-state index is 0.00425. The van der Waals surface area contributed by atoms with Gasteiger partial charge in [-0.3, -0.25) is 15.1 Å². The maximum Gasteiger partial charge on any atom is 0.311 e. The van der Waals surface area contributed by atoms with Crippen LogP contribution < -0.4 is 5.32 Å². The van der Waals surface area contributed by atoms with E-state index in [4.69, 9.17) is 23.9 Å². The number of hydrogen-bond acceptors (Lipinski definition) is 10. The van der Waals surface area contributed by atoms with E-state index in [0.29, 0.717) is 19.3 Å². The molecule has 0 aromatic carbocycles. The van der Waals surface area contributed by atoms with Gasteiger partial charge in [-0.25, -0.2) is 0 Å². The molecule has 2 rings (SSSR count). The summed E-state index contributed by atoms with van der Waals surface area (Å²) in [5.74, 6) is -0.917. The molecule has 2 aliphatic heterocycles. The lowest BCUT2D eigenvalue weighted by atomic mass is 9.75. The third-order valence-corrected chi connectivity index (χ3v) is 11.1. The Morgan fingerprint density at radius 1 is 1.06 bits per heavy atom. The SMILES string of the molecule is CCC(C)O[C@H](CCN(C)C)N[C@@H]1C(C)C(O[C@H]2C[C@H](C)[C@@H](O)[C@H](C)O2)C(C)C(=O)O[C@H](CC)[C@@](C)(O)C[C@@H](C)C(=NC)[C@H](C)C[C@@H]1C. The number of esters is 1. The van der Waals surface area contributed by atoms with Crippen molar-refractivity contribution in [2.24, 2.45) is 40.5 Å². The summed E-state index contributed by atoms with van der Waals surface area (Å²) in [4.78, 5) is 21.0. The normalized spacial score (nSPS) is 41.5. The number of aliphatic hydroxyl groups excluding tert-OH is 1. The minimum Gasteiger partial charge on any atom is -0.459 e. The molecular weight excluding hydrogens is 610 g/mol. The highest BCUT2D eigenvalue weighted by Gasteiger charge is 2.45. The fourth-order valence-electron chi connectivity index (χ4n) is 8.08. The zero-order chi connectivity index (χ0) is 36.5. The van der Waals surface area contributed by atoms with Crippen molar-refractivity contribution in [1.82, 2.24) is 10.2 Å². The Kier molecular flexibility index (Phi) is 17.4. The van der Waals surface area contributed by atoms with Crippen molar-refractivity contribution in [2.75, 3.05) is 27.7 Å². The van der Waals surface area contributed by atoms with E-state index in [9.17, 15) is 15.0 Å². The Labute approximate surface area is 293 Å². The summed E-state index contributed by atoms with van der Waals surface area (Å²) in [6.07, 6.45) is 1.05. The van der Waals surface area contributed by atoms with E-state index in [0.717, 1.165) is 31.5 Å². The maximum atomic E-state index is 14.1. The van der Waals surface area contributed by atoms with Crippen LogP contribution in [0.2, 0.25) is 0 Å². The molecule has 282 valence electrons. The Morgan fingerprint density at radius 3 is 2.25 bits per heavy atom. The second-order valence-electron chi connectivity index (χ2n) is 15.9. The summed E-state index contributed by atoms with van der Waals surface area (Å²) < 4.78 is 25.8. The van der Waals surface area contributed by atoms with Gasteiger partial charge in [0, 0.05) is 31.8 Å². The molecule has 2 aliphatic rings. The first-order valence-electron chi connectivity index (χ1n) is 18.8. The van der Waals surface area contributed by atoms with Gasteiger partial charge in [0.25, 0.3) is 0 Å².